The van der Waals surface area contributed by atoms with Crippen LogP contribution in [0.4, 0.5) is 0 Å². The Morgan fingerprint density at radius 2 is 1.86 bits per heavy atom. The zero-order chi connectivity index (χ0) is 25.5. The first-order valence-corrected chi connectivity index (χ1v) is 12.6. The van der Waals surface area contributed by atoms with Gasteiger partial charge < -0.3 is 18.6 Å². The van der Waals surface area contributed by atoms with E-state index in [0.29, 0.717) is 40.3 Å². The molecular formula is C29H25N3O4S. The van der Waals surface area contributed by atoms with Crippen molar-refractivity contribution in [2.45, 2.75) is 20.5 Å². The van der Waals surface area contributed by atoms with Crippen LogP contribution in [0.2, 0.25) is 0 Å². The highest BCUT2D eigenvalue weighted by molar-refractivity contribution is 7.18. The molecule has 186 valence electrons. The standard InChI is InChI=1S/C29H25N3O4S/c1-17-8-9-22(18(2)10-17)20-7-5-6-19(11-20)16-35-25-12-21(33-3)13-26-23(25)14-27(36-26)24-15-32-28(30-24)37-29(31-32)34-4/h5-15H,16H2,1-4H3. The van der Waals surface area contributed by atoms with Crippen molar-refractivity contribution in [2.24, 2.45) is 0 Å². The van der Waals surface area contributed by atoms with Gasteiger partial charge in [0.25, 0.3) is 5.19 Å². The summed E-state index contributed by atoms with van der Waals surface area (Å²) in [5.74, 6) is 1.97. The number of ether oxygens (including phenoxy) is 3. The molecule has 3 aromatic carbocycles. The van der Waals surface area contributed by atoms with E-state index in [1.807, 2.05) is 24.4 Å². The first-order valence-electron chi connectivity index (χ1n) is 11.8. The molecule has 0 unspecified atom stereocenters. The lowest BCUT2D eigenvalue weighted by molar-refractivity contribution is 0.307. The second kappa shape index (κ2) is 9.29. The Labute approximate surface area is 217 Å². The lowest BCUT2D eigenvalue weighted by Crippen LogP contribution is -1.97. The van der Waals surface area contributed by atoms with Crippen molar-refractivity contribution in [3.63, 3.8) is 0 Å². The topological polar surface area (TPSA) is 71.0 Å². The average molecular weight is 512 g/mol. The maximum Gasteiger partial charge on any atom is 0.294 e. The van der Waals surface area contributed by atoms with Crippen LogP contribution >= 0.6 is 11.3 Å². The summed E-state index contributed by atoms with van der Waals surface area (Å²) in [4.78, 5) is 5.36. The maximum atomic E-state index is 6.32. The van der Waals surface area contributed by atoms with Gasteiger partial charge in [-0.05, 0) is 59.6 Å². The Morgan fingerprint density at radius 3 is 2.65 bits per heavy atom. The molecule has 0 amide bonds. The number of fused-ring (bicyclic) bond motifs is 2. The van der Waals surface area contributed by atoms with Gasteiger partial charge in [0.1, 0.15) is 29.4 Å². The molecular weight excluding hydrogens is 486 g/mol. The third-order valence-corrected chi connectivity index (χ3v) is 7.16. The molecule has 0 aliphatic rings. The van der Waals surface area contributed by atoms with Gasteiger partial charge in [-0.2, -0.15) is 0 Å². The average Bonchev–Trinajstić information content (AvgIpc) is 3.60. The van der Waals surface area contributed by atoms with Gasteiger partial charge in [-0.25, -0.2) is 9.50 Å². The fourth-order valence-corrected chi connectivity index (χ4v) is 5.16. The van der Waals surface area contributed by atoms with Gasteiger partial charge in [-0.3, -0.25) is 0 Å². The molecule has 8 heteroatoms. The third-order valence-electron chi connectivity index (χ3n) is 6.27. The molecule has 6 aromatic rings. The van der Waals surface area contributed by atoms with Crippen molar-refractivity contribution in [3.05, 3.63) is 83.6 Å². The van der Waals surface area contributed by atoms with Gasteiger partial charge in [0.05, 0.1) is 25.8 Å². The van der Waals surface area contributed by atoms with Gasteiger partial charge in [0, 0.05) is 12.1 Å². The molecule has 3 heterocycles. The highest BCUT2D eigenvalue weighted by atomic mass is 32.1. The summed E-state index contributed by atoms with van der Waals surface area (Å²) < 4.78 is 24.9. The molecule has 0 N–H and O–H groups in total. The molecule has 0 aliphatic carbocycles. The minimum Gasteiger partial charge on any atom is -0.496 e. The summed E-state index contributed by atoms with van der Waals surface area (Å²) in [6.45, 7) is 4.66. The SMILES string of the molecule is COc1cc(OCc2cccc(-c3ccc(C)cc3C)c2)c2cc(-c3cn4nc(OC)sc4n3)oc2c1. The zero-order valence-electron chi connectivity index (χ0n) is 20.9. The predicted molar refractivity (Wildman–Crippen MR) is 145 cm³/mol. The number of hydrogen-bond acceptors (Lipinski definition) is 7. The molecule has 0 saturated carbocycles. The Kier molecular flexibility index (Phi) is 5.81. The van der Waals surface area contributed by atoms with Gasteiger partial charge in [0.15, 0.2) is 5.76 Å². The van der Waals surface area contributed by atoms with E-state index in [0.717, 1.165) is 15.9 Å². The van der Waals surface area contributed by atoms with Crippen LogP contribution in [-0.2, 0) is 6.61 Å². The zero-order valence-corrected chi connectivity index (χ0v) is 21.8. The molecule has 0 fully saturated rings. The van der Waals surface area contributed by atoms with Gasteiger partial charge >= 0.3 is 0 Å². The molecule has 0 saturated heterocycles. The van der Waals surface area contributed by atoms with Crippen molar-refractivity contribution in [1.29, 1.82) is 0 Å². The van der Waals surface area contributed by atoms with Crippen LogP contribution in [0.5, 0.6) is 16.7 Å². The molecule has 0 radical (unpaired) electrons. The van der Waals surface area contributed by atoms with E-state index in [2.05, 4.69) is 66.4 Å². The molecule has 37 heavy (non-hydrogen) atoms. The fourth-order valence-electron chi connectivity index (χ4n) is 4.46. The molecule has 0 aliphatic heterocycles. The Balaban J connectivity index is 1.30. The highest BCUT2D eigenvalue weighted by Crippen LogP contribution is 2.38. The second-order valence-corrected chi connectivity index (χ2v) is 9.80. The largest absolute Gasteiger partial charge is 0.496 e. The van der Waals surface area contributed by atoms with Crippen LogP contribution in [0.25, 0.3) is 38.5 Å². The van der Waals surface area contributed by atoms with E-state index < -0.39 is 0 Å². The van der Waals surface area contributed by atoms with Crippen LogP contribution in [0.1, 0.15) is 16.7 Å². The summed E-state index contributed by atoms with van der Waals surface area (Å²) in [6, 6.07) is 20.7. The summed E-state index contributed by atoms with van der Waals surface area (Å²) in [6.07, 6.45) is 1.82. The summed E-state index contributed by atoms with van der Waals surface area (Å²) in [5, 5.41) is 5.75. The molecule has 3 aromatic heterocycles. The lowest BCUT2D eigenvalue weighted by Gasteiger charge is -2.11. The van der Waals surface area contributed by atoms with E-state index in [-0.39, 0.29) is 0 Å². The third kappa shape index (κ3) is 4.40. The van der Waals surface area contributed by atoms with Crippen molar-refractivity contribution in [3.8, 4) is 39.3 Å². The number of hydrogen-bond donors (Lipinski definition) is 0. The summed E-state index contributed by atoms with van der Waals surface area (Å²) >= 11 is 1.37. The number of rotatable bonds is 7. The van der Waals surface area contributed by atoms with E-state index in [4.69, 9.17) is 18.6 Å². The smallest absolute Gasteiger partial charge is 0.294 e. The lowest BCUT2D eigenvalue weighted by atomic mass is 9.97. The molecule has 0 bridgehead atoms. The highest BCUT2D eigenvalue weighted by Gasteiger charge is 2.17. The quantitative estimate of drug-likeness (QED) is 0.228. The van der Waals surface area contributed by atoms with Crippen molar-refractivity contribution < 1.29 is 18.6 Å². The van der Waals surface area contributed by atoms with Crippen molar-refractivity contribution in [1.82, 2.24) is 14.6 Å². The number of imidazole rings is 1. The number of aryl methyl sites for hydroxylation is 2. The fraction of sp³-hybridized carbons (Fsp3) is 0.172. The van der Waals surface area contributed by atoms with Crippen LogP contribution in [0, 0.1) is 13.8 Å². The predicted octanol–water partition coefficient (Wildman–Crippen LogP) is 7.08. The number of furan rings is 1. The first kappa shape index (κ1) is 23.1. The minimum atomic E-state index is 0.408. The Bertz CT molecular complexity index is 1720. The van der Waals surface area contributed by atoms with Crippen molar-refractivity contribution >= 4 is 27.3 Å². The van der Waals surface area contributed by atoms with Crippen LogP contribution in [-0.4, -0.2) is 28.8 Å². The normalized spacial score (nSPS) is 11.4. The minimum absolute atomic E-state index is 0.408. The van der Waals surface area contributed by atoms with E-state index >= 15 is 0 Å². The summed E-state index contributed by atoms with van der Waals surface area (Å²) in [7, 11) is 3.22. The number of aromatic nitrogens is 3. The van der Waals surface area contributed by atoms with Crippen LogP contribution in [0.15, 0.2) is 71.3 Å². The molecule has 0 atom stereocenters. The second-order valence-electron chi connectivity index (χ2n) is 8.88. The number of nitrogens with zero attached hydrogens (tertiary/aromatic N) is 3. The Hall–Kier alpha value is -4.30. The monoisotopic (exact) mass is 511 g/mol. The van der Waals surface area contributed by atoms with Crippen LogP contribution in [0.3, 0.4) is 0 Å². The van der Waals surface area contributed by atoms with Gasteiger partial charge in [-0.15, -0.1) is 5.10 Å². The van der Waals surface area contributed by atoms with Crippen LogP contribution < -0.4 is 14.2 Å². The molecule has 6 rings (SSSR count). The summed E-state index contributed by atoms with van der Waals surface area (Å²) in [5.41, 5.74) is 7.33. The molecule has 7 nitrogen and oxygen atoms in total. The Morgan fingerprint density at radius 1 is 0.973 bits per heavy atom. The first-order chi connectivity index (χ1) is 18.0. The van der Waals surface area contributed by atoms with Gasteiger partial charge in [0.2, 0.25) is 4.96 Å². The molecule has 0 spiro atoms. The number of benzene rings is 3. The number of methoxy groups -OCH3 is 2. The van der Waals surface area contributed by atoms with E-state index in [9.17, 15) is 0 Å². The van der Waals surface area contributed by atoms with E-state index in [1.165, 1.54) is 33.6 Å². The van der Waals surface area contributed by atoms with Gasteiger partial charge in [-0.1, -0.05) is 42.0 Å². The van der Waals surface area contributed by atoms with E-state index in [1.54, 1.807) is 18.7 Å². The van der Waals surface area contributed by atoms with Crippen molar-refractivity contribution in [2.75, 3.05) is 14.2 Å². The maximum absolute atomic E-state index is 6.32.